The van der Waals surface area contributed by atoms with Crippen LogP contribution in [0.2, 0.25) is 0 Å². The smallest absolute Gasteiger partial charge is 0.140 e. The Kier molecular flexibility index (Phi) is 6.11. The van der Waals surface area contributed by atoms with E-state index in [1.165, 1.54) is 24.1 Å². The minimum atomic E-state index is 0.139. The zero-order valence-electron chi connectivity index (χ0n) is 20.0. The van der Waals surface area contributed by atoms with Gasteiger partial charge in [0.25, 0.3) is 0 Å². The summed E-state index contributed by atoms with van der Waals surface area (Å²) in [6, 6.07) is 15.2. The van der Waals surface area contributed by atoms with Crippen LogP contribution in [0.15, 0.2) is 42.5 Å². The van der Waals surface area contributed by atoms with E-state index in [2.05, 4.69) is 71.3 Å². The zero-order valence-corrected chi connectivity index (χ0v) is 20.0. The number of piperidine rings is 1. The van der Waals surface area contributed by atoms with Gasteiger partial charge in [0.2, 0.25) is 0 Å². The SMILES string of the molecule is CN(C)c1ccccc1C1CCN(c2nc(C3CC3)nc3ccc(N(C)CCO)cc23)CC1. The second kappa shape index (κ2) is 9.18. The number of anilines is 3. The second-order valence-electron chi connectivity index (χ2n) is 9.74. The van der Waals surface area contributed by atoms with Crippen LogP contribution in [0.25, 0.3) is 10.9 Å². The van der Waals surface area contributed by atoms with Crippen molar-refractivity contribution in [2.24, 2.45) is 0 Å². The summed E-state index contributed by atoms with van der Waals surface area (Å²) >= 11 is 0. The molecule has 1 aliphatic heterocycles. The predicted octanol–water partition coefficient (Wildman–Crippen LogP) is 4.39. The summed E-state index contributed by atoms with van der Waals surface area (Å²) in [5, 5.41) is 10.5. The average molecular weight is 446 g/mol. The lowest BCUT2D eigenvalue weighted by Gasteiger charge is -2.35. The number of likely N-dealkylation sites (N-methyl/N-ethyl adjacent to an activating group) is 1. The van der Waals surface area contributed by atoms with Crippen LogP contribution in [0.3, 0.4) is 0 Å². The molecule has 1 aliphatic carbocycles. The first-order valence-electron chi connectivity index (χ1n) is 12.2. The summed E-state index contributed by atoms with van der Waals surface area (Å²) in [5.41, 5.74) is 4.91. The highest BCUT2D eigenvalue weighted by atomic mass is 16.3. The highest BCUT2D eigenvalue weighted by molar-refractivity contribution is 5.92. The van der Waals surface area contributed by atoms with Crippen LogP contribution >= 0.6 is 0 Å². The molecule has 2 fully saturated rings. The topological polar surface area (TPSA) is 55.7 Å². The molecule has 0 amide bonds. The molecular weight excluding hydrogens is 410 g/mol. The largest absolute Gasteiger partial charge is 0.395 e. The summed E-state index contributed by atoms with van der Waals surface area (Å²) in [6.07, 6.45) is 4.65. The van der Waals surface area contributed by atoms with Gasteiger partial charge in [-0.1, -0.05) is 18.2 Å². The average Bonchev–Trinajstić information content (AvgIpc) is 3.69. The molecule has 0 bridgehead atoms. The number of hydrogen-bond donors (Lipinski definition) is 1. The number of para-hydroxylation sites is 1. The predicted molar refractivity (Wildman–Crippen MR) is 137 cm³/mol. The van der Waals surface area contributed by atoms with Gasteiger partial charge in [-0.25, -0.2) is 9.97 Å². The van der Waals surface area contributed by atoms with E-state index in [0.29, 0.717) is 18.4 Å². The van der Waals surface area contributed by atoms with Gasteiger partial charge in [-0.2, -0.15) is 0 Å². The normalized spacial score (nSPS) is 16.9. The molecule has 0 atom stereocenters. The number of hydrogen-bond acceptors (Lipinski definition) is 6. The molecule has 2 aliphatic rings. The number of aliphatic hydroxyl groups excluding tert-OH is 1. The molecular formula is C27H35N5O. The van der Waals surface area contributed by atoms with Crippen LogP contribution in [0, 0.1) is 0 Å². The molecule has 3 aromatic rings. The summed E-state index contributed by atoms with van der Waals surface area (Å²) in [7, 11) is 6.28. The second-order valence-corrected chi connectivity index (χ2v) is 9.74. The van der Waals surface area contributed by atoms with E-state index in [1.54, 1.807) is 0 Å². The van der Waals surface area contributed by atoms with Crippen molar-refractivity contribution in [3.63, 3.8) is 0 Å². The molecule has 6 heteroatoms. The first-order chi connectivity index (χ1) is 16.0. The molecule has 5 rings (SSSR count). The lowest BCUT2D eigenvalue weighted by molar-refractivity contribution is 0.304. The Labute approximate surface area is 196 Å². The van der Waals surface area contributed by atoms with Crippen molar-refractivity contribution in [1.82, 2.24) is 9.97 Å². The van der Waals surface area contributed by atoms with Crippen LogP contribution in [0.1, 0.15) is 48.9 Å². The lowest BCUT2D eigenvalue weighted by Crippen LogP contribution is -2.34. The van der Waals surface area contributed by atoms with Crippen LogP contribution < -0.4 is 14.7 Å². The quantitative estimate of drug-likeness (QED) is 0.582. The van der Waals surface area contributed by atoms with Crippen molar-refractivity contribution < 1.29 is 5.11 Å². The molecule has 1 aromatic heterocycles. The highest BCUT2D eigenvalue weighted by Crippen LogP contribution is 2.41. The third-order valence-electron chi connectivity index (χ3n) is 7.15. The van der Waals surface area contributed by atoms with Crippen molar-refractivity contribution in [2.75, 3.05) is 62.1 Å². The van der Waals surface area contributed by atoms with Gasteiger partial charge in [0, 0.05) is 63.5 Å². The van der Waals surface area contributed by atoms with Crippen LogP contribution in [-0.4, -0.2) is 62.5 Å². The molecule has 2 aromatic carbocycles. The summed E-state index contributed by atoms with van der Waals surface area (Å²) in [4.78, 5) is 16.8. The van der Waals surface area contributed by atoms with Crippen LogP contribution in [-0.2, 0) is 0 Å². The molecule has 33 heavy (non-hydrogen) atoms. The third kappa shape index (κ3) is 4.49. The fourth-order valence-electron chi connectivity index (χ4n) is 5.04. The Morgan fingerprint density at radius 2 is 1.70 bits per heavy atom. The van der Waals surface area contributed by atoms with Gasteiger partial charge in [0.1, 0.15) is 11.6 Å². The first kappa shape index (κ1) is 22.0. The molecule has 2 heterocycles. The standard InChI is InChI=1S/C27H35N5O/c1-30(2)25-7-5-4-6-22(25)19-12-14-32(15-13-19)27-23-18-21(31(3)16-17-33)10-11-24(23)28-26(29-27)20-8-9-20/h4-7,10-11,18-20,33H,8-9,12-17H2,1-3H3. The Balaban J connectivity index is 1.45. The minimum absolute atomic E-state index is 0.139. The maximum atomic E-state index is 9.37. The van der Waals surface area contributed by atoms with Gasteiger partial charge in [-0.3, -0.25) is 0 Å². The van der Waals surface area contributed by atoms with E-state index in [0.717, 1.165) is 54.2 Å². The fraction of sp³-hybridized carbons (Fsp3) is 0.481. The van der Waals surface area contributed by atoms with Gasteiger partial charge in [0.15, 0.2) is 0 Å². The number of benzene rings is 2. The van der Waals surface area contributed by atoms with Gasteiger partial charge in [0.05, 0.1) is 12.1 Å². The van der Waals surface area contributed by atoms with E-state index >= 15 is 0 Å². The van der Waals surface area contributed by atoms with Crippen molar-refractivity contribution >= 4 is 28.1 Å². The van der Waals surface area contributed by atoms with Crippen LogP contribution in [0.5, 0.6) is 0 Å². The van der Waals surface area contributed by atoms with Crippen molar-refractivity contribution in [3.8, 4) is 0 Å². The molecule has 0 radical (unpaired) electrons. The van der Waals surface area contributed by atoms with E-state index < -0.39 is 0 Å². The Morgan fingerprint density at radius 3 is 2.39 bits per heavy atom. The molecule has 1 saturated heterocycles. The summed E-state index contributed by atoms with van der Waals surface area (Å²) in [6.45, 7) is 2.75. The van der Waals surface area contributed by atoms with Gasteiger partial charge < -0.3 is 19.8 Å². The van der Waals surface area contributed by atoms with Gasteiger partial charge in [-0.15, -0.1) is 0 Å². The maximum Gasteiger partial charge on any atom is 0.140 e. The van der Waals surface area contributed by atoms with Crippen molar-refractivity contribution in [2.45, 2.75) is 37.5 Å². The number of aromatic nitrogens is 2. The highest BCUT2D eigenvalue weighted by Gasteiger charge is 2.30. The molecule has 6 nitrogen and oxygen atoms in total. The molecule has 0 unspecified atom stereocenters. The minimum Gasteiger partial charge on any atom is -0.395 e. The Bertz CT molecular complexity index is 1120. The number of rotatable bonds is 7. The molecule has 174 valence electrons. The van der Waals surface area contributed by atoms with E-state index in [-0.39, 0.29) is 6.61 Å². The van der Waals surface area contributed by atoms with Crippen LogP contribution in [0.4, 0.5) is 17.2 Å². The van der Waals surface area contributed by atoms with E-state index in [4.69, 9.17) is 9.97 Å². The molecule has 0 spiro atoms. The number of nitrogens with zero attached hydrogens (tertiary/aromatic N) is 5. The van der Waals surface area contributed by atoms with Crippen molar-refractivity contribution in [3.05, 3.63) is 53.9 Å². The van der Waals surface area contributed by atoms with Crippen molar-refractivity contribution in [1.29, 1.82) is 0 Å². The summed E-state index contributed by atoms with van der Waals surface area (Å²) in [5.74, 6) is 3.19. The van der Waals surface area contributed by atoms with Gasteiger partial charge >= 0.3 is 0 Å². The van der Waals surface area contributed by atoms with E-state index in [9.17, 15) is 5.11 Å². The number of aliphatic hydroxyl groups is 1. The fourth-order valence-corrected chi connectivity index (χ4v) is 5.04. The summed E-state index contributed by atoms with van der Waals surface area (Å²) < 4.78 is 0. The Hall–Kier alpha value is -2.86. The third-order valence-corrected chi connectivity index (χ3v) is 7.15. The first-order valence-corrected chi connectivity index (χ1v) is 12.2. The van der Waals surface area contributed by atoms with Gasteiger partial charge in [-0.05, 0) is 61.4 Å². The molecule has 1 N–H and O–H groups in total. The molecule has 1 saturated carbocycles. The monoisotopic (exact) mass is 445 g/mol. The lowest BCUT2D eigenvalue weighted by atomic mass is 9.88. The maximum absolute atomic E-state index is 9.37. The Morgan fingerprint density at radius 1 is 0.939 bits per heavy atom. The van der Waals surface area contributed by atoms with E-state index in [1.807, 2.05) is 7.05 Å². The number of fused-ring (bicyclic) bond motifs is 1. The zero-order chi connectivity index (χ0) is 22.9.